The van der Waals surface area contributed by atoms with Gasteiger partial charge in [-0.05, 0) is 73.1 Å². The molecule has 1 nitrogen and oxygen atoms in total. The van der Waals surface area contributed by atoms with Gasteiger partial charge in [0.1, 0.15) is 11.5 Å². The molecule has 0 aliphatic carbocycles. The summed E-state index contributed by atoms with van der Waals surface area (Å²) in [6, 6.07) is 12.5. The first-order valence-corrected chi connectivity index (χ1v) is 11.3. The van der Waals surface area contributed by atoms with Gasteiger partial charge in [0.25, 0.3) is 0 Å². The van der Waals surface area contributed by atoms with E-state index >= 15 is 0 Å². The van der Waals surface area contributed by atoms with E-state index in [9.17, 15) is 13.2 Å². The molecule has 0 aliphatic heterocycles. The molecule has 0 aromatic heterocycles. The second-order valence-electron chi connectivity index (χ2n) is 7.72. The van der Waals surface area contributed by atoms with Crippen LogP contribution < -0.4 is 0 Å². The van der Waals surface area contributed by atoms with Crippen molar-refractivity contribution in [3.63, 3.8) is 0 Å². The van der Waals surface area contributed by atoms with E-state index in [4.69, 9.17) is 0 Å². The lowest BCUT2D eigenvalue weighted by Gasteiger charge is -2.08. The monoisotopic (exact) mass is 473 g/mol. The summed E-state index contributed by atoms with van der Waals surface area (Å²) in [7, 11) is 0. The van der Waals surface area contributed by atoms with E-state index in [0.717, 1.165) is 48.9 Å². The zero-order chi connectivity index (χ0) is 24.5. The first kappa shape index (κ1) is 25.0. The predicted octanol–water partition coefficient (Wildman–Crippen LogP) is 8.15. The van der Waals surface area contributed by atoms with Gasteiger partial charge in [-0.1, -0.05) is 55.6 Å². The highest BCUT2D eigenvalue weighted by Crippen LogP contribution is 2.28. The normalized spacial score (nSPS) is 9.91. The molecule has 0 N–H and O–H groups in total. The molecular weight excluding hydrogens is 451 g/mol. The Morgan fingerprint density at radius 3 is 2.00 bits per heavy atom. The van der Waals surface area contributed by atoms with Crippen molar-refractivity contribution in [3.8, 4) is 34.8 Å². The third-order valence-corrected chi connectivity index (χ3v) is 5.24. The van der Waals surface area contributed by atoms with Gasteiger partial charge >= 0.3 is 0 Å². The van der Waals surface area contributed by atoms with Gasteiger partial charge in [0.15, 0.2) is 11.6 Å². The summed E-state index contributed by atoms with van der Waals surface area (Å²) in [5.41, 5.74) is 3.01. The molecule has 3 aromatic rings. The fourth-order valence-electron chi connectivity index (χ4n) is 3.42. The fraction of sp³-hybridized carbons (Fsp3) is 0.207. The number of thiocarbonyl (C=S) groups is 1. The zero-order valence-corrected chi connectivity index (χ0v) is 19.8. The van der Waals surface area contributed by atoms with E-state index < -0.39 is 17.3 Å². The van der Waals surface area contributed by atoms with Gasteiger partial charge in [0, 0.05) is 28.7 Å². The van der Waals surface area contributed by atoms with Crippen molar-refractivity contribution >= 4 is 23.1 Å². The van der Waals surface area contributed by atoms with E-state index in [1.165, 1.54) is 6.07 Å². The van der Waals surface area contributed by atoms with Crippen LogP contribution in [0.3, 0.4) is 0 Å². The second-order valence-corrected chi connectivity index (χ2v) is 7.91. The van der Waals surface area contributed by atoms with E-state index in [2.05, 4.69) is 47.8 Å². The van der Waals surface area contributed by atoms with Crippen molar-refractivity contribution < 1.29 is 13.2 Å². The van der Waals surface area contributed by atoms with Crippen LogP contribution in [0.25, 0.3) is 11.1 Å². The highest BCUT2D eigenvalue weighted by Gasteiger charge is 2.10. The molecule has 0 bridgehead atoms. The van der Waals surface area contributed by atoms with Crippen LogP contribution in [0.5, 0.6) is 0 Å². The molecule has 0 saturated heterocycles. The van der Waals surface area contributed by atoms with Crippen LogP contribution >= 0.6 is 12.2 Å². The van der Waals surface area contributed by atoms with Crippen LogP contribution in [-0.2, 0) is 0 Å². The Hall–Kier alpha value is -3.63. The average Bonchev–Trinajstić information content (AvgIpc) is 2.80. The summed E-state index contributed by atoms with van der Waals surface area (Å²) in [5.74, 6) is 9.68. The molecule has 0 unspecified atom stereocenters. The minimum absolute atomic E-state index is 0.164. The number of halogens is 3. The number of benzene rings is 3. The number of hydrogen-bond donors (Lipinski definition) is 0. The van der Waals surface area contributed by atoms with E-state index in [1.54, 1.807) is 24.3 Å². The van der Waals surface area contributed by atoms with Gasteiger partial charge < -0.3 is 0 Å². The maximum atomic E-state index is 14.8. The number of rotatable bonds is 5. The minimum Gasteiger partial charge on any atom is -0.206 e. The topological polar surface area (TPSA) is 12.4 Å². The molecule has 0 spiro atoms. The SMILES string of the molecule is CCCCCC#Cc1ccc(-c2ccc(C#Cc3cc(F)c(N=C=S)c(F)c3)cc2C)c(F)c1. The zero-order valence-electron chi connectivity index (χ0n) is 18.9. The Labute approximate surface area is 203 Å². The molecule has 3 aromatic carbocycles. The van der Waals surface area contributed by atoms with Crippen LogP contribution in [0, 0.1) is 48.1 Å². The van der Waals surface area contributed by atoms with Gasteiger partial charge in [-0.3, -0.25) is 0 Å². The molecule has 0 atom stereocenters. The van der Waals surface area contributed by atoms with E-state index in [-0.39, 0.29) is 11.4 Å². The Morgan fingerprint density at radius 2 is 1.38 bits per heavy atom. The summed E-state index contributed by atoms with van der Waals surface area (Å²) in [6.45, 7) is 4.00. The predicted molar refractivity (Wildman–Crippen MR) is 135 cm³/mol. The number of unbranched alkanes of at least 4 members (excludes halogenated alkanes) is 3. The second kappa shape index (κ2) is 12.0. The lowest BCUT2D eigenvalue weighted by atomic mass is 9.97. The van der Waals surface area contributed by atoms with Crippen molar-refractivity contribution in [2.75, 3.05) is 0 Å². The highest BCUT2D eigenvalue weighted by atomic mass is 32.1. The molecular formula is C29H22F3NS. The summed E-state index contributed by atoms with van der Waals surface area (Å²) in [4.78, 5) is 3.38. The number of aliphatic imine (C=N–C) groups is 1. The molecule has 0 saturated carbocycles. The molecule has 34 heavy (non-hydrogen) atoms. The highest BCUT2D eigenvalue weighted by molar-refractivity contribution is 7.78. The maximum Gasteiger partial charge on any atom is 0.153 e. The summed E-state index contributed by atoms with van der Waals surface area (Å²) in [5, 5.41) is 1.95. The summed E-state index contributed by atoms with van der Waals surface area (Å²) in [6.07, 6.45) is 4.15. The van der Waals surface area contributed by atoms with E-state index in [1.807, 2.05) is 18.2 Å². The molecule has 170 valence electrons. The molecule has 0 amide bonds. The molecule has 0 aliphatic rings. The Bertz CT molecular complexity index is 1360. The van der Waals surface area contributed by atoms with Crippen molar-refractivity contribution in [1.82, 2.24) is 0 Å². The van der Waals surface area contributed by atoms with Crippen molar-refractivity contribution in [3.05, 3.63) is 88.2 Å². The number of nitrogens with zero attached hydrogens (tertiary/aromatic N) is 1. The summed E-state index contributed by atoms with van der Waals surface area (Å²) < 4.78 is 42.8. The van der Waals surface area contributed by atoms with Gasteiger partial charge in [0.05, 0.1) is 5.16 Å². The number of isothiocyanates is 1. The Morgan fingerprint density at radius 1 is 0.765 bits per heavy atom. The lowest BCUT2D eigenvalue weighted by molar-refractivity contribution is 0.587. The smallest absolute Gasteiger partial charge is 0.153 e. The molecule has 3 rings (SSSR count). The van der Waals surface area contributed by atoms with Crippen LogP contribution in [0.1, 0.15) is 54.9 Å². The largest absolute Gasteiger partial charge is 0.206 e. The van der Waals surface area contributed by atoms with Gasteiger partial charge in [-0.2, -0.15) is 4.99 Å². The third-order valence-electron chi connectivity index (χ3n) is 5.15. The molecule has 0 heterocycles. The van der Waals surface area contributed by atoms with Crippen LogP contribution in [0.2, 0.25) is 0 Å². The Kier molecular flexibility index (Phi) is 8.83. The lowest BCUT2D eigenvalue weighted by Crippen LogP contribution is -1.91. The van der Waals surface area contributed by atoms with Crippen molar-refractivity contribution in [2.24, 2.45) is 4.99 Å². The first-order valence-electron chi connectivity index (χ1n) is 10.9. The number of hydrogen-bond acceptors (Lipinski definition) is 2. The maximum absolute atomic E-state index is 14.8. The van der Waals surface area contributed by atoms with Crippen molar-refractivity contribution in [2.45, 2.75) is 39.5 Å². The summed E-state index contributed by atoms with van der Waals surface area (Å²) >= 11 is 4.40. The van der Waals surface area contributed by atoms with Gasteiger partial charge in [-0.25, -0.2) is 13.2 Å². The van der Waals surface area contributed by atoms with Crippen LogP contribution in [-0.4, -0.2) is 5.16 Å². The standard InChI is InChI=1S/C29H22F3NS/c1-3-4-5-6-7-8-21-12-14-25(26(30)16-21)24-13-11-22(15-20(24)2)9-10-23-17-27(31)29(33-19-34)28(32)18-23/h11-18H,3-6H2,1-2H3. The fourth-order valence-corrected chi connectivity index (χ4v) is 3.51. The average molecular weight is 474 g/mol. The van der Waals surface area contributed by atoms with Crippen LogP contribution in [0.4, 0.5) is 18.9 Å². The van der Waals surface area contributed by atoms with Gasteiger partial charge in [0.2, 0.25) is 0 Å². The van der Waals surface area contributed by atoms with Crippen LogP contribution in [0.15, 0.2) is 53.5 Å². The quantitative estimate of drug-likeness (QED) is 0.158. The van der Waals surface area contributed by atoms with Gasteiger partial charge in [-0.15, -0.1) is 0 Å². The molecule has 0 radical (unpaired) electrons. The molecule has 5 heteroatoms. The first-order chi connectivity index (χ1) is 16.4. The third kappa shape index (κ3) is 6.46. The Balaban J connectivity index is 1.81. The number of aryl methyl sites for hydroxylation is 1. The molecule has 0 fully saturated rings. The minimum atomic E-state index is -0.863. The van der Waals surface area contributed by atoms with Crippen molar-refractivity contribution in [1.29, 1.82) is 0 Å². The van der Waals surface area contributed by atoms with E-state index in [0.29, 0.717) is 16.7 Å².